The predicted molar refractivity (Wildman–Crippen MR) is 137 cm³/mol. The number of hydrogen-bond acceptors (Lipinski definition) is 12. The number of aryl methyl sites for hydroxylation is 1. The number of amides is 1. The van der Waals surface area contributed by atoms with Crippen LogP contribution in [0.5, 0.6) is 11.5 Å². The number of rotatable bonds is 9. The molecule has 1 aromatic carbocycles. The van der Waals surface area contributed by atoms with Gasteiger partial charge >= 0.3 is 11.7 Å². The fourth-order valence-electron chi connectivity index (χ4n) is 4.21. The summed E-state index contributed by atoms with van der Waals surface area (Å²) in [5, 5.41) is 25.8. The highest BCUT2D eigenvalue weighted by atomic mass is 16.7. The van der Waals surface area contributed by atoms with Crippen molar-refractivity contribution in [2.24, 2.45) is 5.16 Å². The minimum Gasteiger partial charge on any atom is -0.506 e. The largest absolute Gasteiger partial charge is 0.506 e. The van der Waals surface area contributed by atoms with Gasteiger partial charge in [0.25, 0.3) is 0 Å². The second-order valence-corrected chi connectivity index (χ2v) is 8.64. The Balaban J connectivity index is 1.98. The summed E-state index contributed by atoms with van der Waals surface area (Å²) in [6.07, 6.45) is 0.199. The van der Waals surface area contributed by atoms with Gasteiger partial charge in [0.05, 0.1) is 11.1 Å². The Hall–Kier alpha value is -4.09. The molecule has 39 heavy (non-hydrogen) atoms. The molecule has 13 heteroatoms. The molecule has 2 aromatic rings. The number of terminal acetylenes is 1. The van der Waals surface area contributed by atoms with Crippen LogP contribution < -0.4 is 15.8 Å². The topological polar surface area (TPSA) is 168 Å². The number of aromatic hydroxyl groups is 1. The van der Waals surface area contributed by atoms with E-state index in [2.05, 4.69) is 22.5 Å². The molecule has 0 aliphatic carbocycles. The van der Waals surface area contributed by atoms with Crippen LogP contribution in [-0.2, 0) is 23.9 Å². The number of nitrogens with one attached hydrogen (secondary N) is 1. The van der Waals surface area contributed by atoms with Crippen molar-refractivity contribution in [2.75, 3.05) is 20.8 Å². The van der Waals surface area contributed by atoms with Crippen LogP contribution >= 0.6 is 0 Å². The van der Waals surface area contributed by atoms with Crippen LogP contribution in [0.25, 0.3) is 11.0 Å². The first kappa shape index (κ1) is 29.5. The lowest BCUT2D eigenvalue weighted by atomic mass is 9.88. The number of aliphatic hydroxyl groups excluding tert-OH is 1. The standard InChI is InChI=1S/C26H30N2O11/c1-8-12-35-28-25(32)38-21-19(30)24(39-26(5,9-2)22(21)33-6)36-16-11-10-15-18(29)17(14(4)27-34-7)23(31)37-20(15)13(16)3/h1,9-11,19,21-22,24,29-30H,2,12H2,3-7H3,(H,28,32)/b27-14+/t19-,21+,22-,24?,26+/m1/s1. The molecule has 3 N–H and O–H groups in total. The van der Waals surface area contributed by atoms with E-state index in [-0.39, 0.29) is 40.4 Å². The summed E-state index contributed by atoms with van der Waals surface area (Å²) in [5.41, 5.74) is 0.197. The van der Waals surface area contributed by atoms with Crippen molar-refractivity contribution in [1.82, 2.24) is 5.48 Å². The first-order valence-electron chi connectivity index (χ1n) is 11.6. The number of fused-ring (bicyclic) bond motifs is 1. The zero-order chi connectivity index (χ0) is 28.9. The zero-order valence-electron chi connectivity index (χ0n) is 22.0. The number of hydroxylamine groups is 1. The number of methoxy groups -OCH3 is 1. The van der Waals surface area contributed by atoms with E-state index >= 15 is 0 Å². The molecular formula is C26H30N2O11. The van der Waals surface area contributed by atoms with Gasteiger partial charge in [-0.05, 0) is 32.9 Å². The van der Waals surface area contributed by atoms with Gasteiger partial charge in [-0.1, -0.05) is 17.2 Å². The number of benzene rings is 1. The molecule has 1 aliphatic rings. The number of ether oxygens (including phenoxy) is 4. The number of oxime groups is 1. The van der Waals surface area contributed by atoms with Gasteiger partial charge in [-0.25, -0.2) is 9.59 Å². The molecule has 0 bridgehead atoms. The smallest absolute Gasteiger partial charge is 0.431 e. The Morgan fingerprint density at radius 1 is 1.38 bits per heavy atom. The van der Waals surface area contributed by atoms with Gasteiger partial charge in [0.1, 0.15) is 48.1 Å². The summed E-state index contributed by atoms with van der Waals surface area (Å²) in [4.78, 5) is 34.4. The Morgan fingerprint density at radius 2 is 2.10 bits per heavy atom. The lowest BCUT2D eigenvalue weighted by molar-refractivity contribution is -0.296. The minimum absolute atomic E-state index is 0.0355. The normalized spacial score (nSPS) is 25.0. The fraction of sp³-hybridized carbons (Fsp3) is 0.423. The monoisotopic (exact) mass is 546 g/mol. The third-order valence-corrected chi connectivity index (χ3v) is 6.14. The summed E-state index contributed by atoms with van der Waals surface area (Å²) in [5.74, 6) is 1.97. The number of carbonyl (C=O) groups is 1. The van der Waals surface area contributed by atoms with Crippen molar-refractivity contribution >= 4 is 22.8 Å². The van der Waals surface area contributed by atoms with E-state index in [4.69, 9.17) is 34.6 Å². The number of carbonyl (C=O) groups excluding carboxylic acids is 1. The third-order valence-electron chi connectivity index (χ3n) is 6.14. The molecule has 1 fully saturated rings. The van der Waals surface area contributed by atoms with Crippen molar-refractivity contribution in [2.45, 2.75) is 51.0 Å². The van der Waals surface area contributed by atoms with Crippen LogP contribution in [0.1, 0.15) is 25.0 Å². The van der Waals surface area contributed by atoms with Crippen LogP contribution in [-0.4, -0.2) is 73.0 Å². The molecule has 3 rings (SSSR count). The molecule has 1 aliphatic heterocycles. The maximum absolute atomic E-state index is 12.6. The highest BCUT2D eigenvalue weighted by molar-refractivity contribution is 6.04. The van der Waals surface area contributed by atoms with E-state index in [9.17, 15) is 19.8 Å². The quantitative estimate of drug-likeness (QED) is 0.105. The summed E-state index contributed by atoms with van der Waals surface area (Å²) in [7, 11) is 2.65. The van der Waals surface area contributed by atoms with Crippen LogP contribution in [0.3, 0.4) is 0 Å². The molecule has 5 atom stereocenters. The Bertz CT molecular complexity index is 1360. The van der Waals surface area contributed by atoms with Gasteiger partial charge in [0.2, 0.25) is 6.29 Å². The molecular weight excluding hydrogens is 516 g/mol. The molecule has 2 heterocycles. The van der Waals surface area contributed by atoms with Gasteiger partial charge in [-0.2, -0.15) is 5.48 Å². The van der Waals surface area contributed by atoms with Crippen LogP contribution in [0.15, 0.2) is 39.2 Å². The maximum atomic E-state index is 12.6. The number of aliphatic hydroxyl groups is 1. The maximum Gasteiger partial charge on any atom is 0.431 e. The fourth-order valence-corrected chi connectivity index (χ4v) is 4.21. The molecule has 0 spiro atoms. The molecule has 1 saturated heterocycles. The van der Waals surface area contributed by atoms with E-state index < -0.39 is 41.9 Å². The second-order valence-electron chi connectivity index (χ2n) is 8.64. The van der Waals surface area contributed by atoms with Gasteiger partial charge in [-0.15, -0.1) is 13.0 Å². The van der Waals surface area contributed by atoms with E-state index in [0.717, 1.165) is 0 Å². The van der Waals surface area contributed by atoms with E-state index in [1.165, 1.54) is 39.4 Å². The van der Waals surface area contributed by atoms with Gasteiger partial charge in [-0.3, -0.25) is 4.84 Å². The second kappa shape index (κ2) is 12.2. The van der Waals surface area contributed by atoms with Crippen molar-refractivity contribution in [3.8, 4) is 23.8 Å². The molecule has 0 radical (unpaired) electrons. The highest BCUT2D eigenvalue weighted by Gasteiger charge is 2.54. The average molecular weight is 547 g/mol. The first-order valence-corrected chi connectivity index (χ1v) is 11.6. The molecule has 1 aromatic heterocycles. The number of hydrogen-bond donors (Lipinski definition) is 3. The molecule has 0 saturated carbocycles. The first-order chi connectivity index (χ1) is 18.5. The van der Waals surface area contributed by atoms with E-state index in [1.807, 2.05) is 5.48 Å². The summed E-state index contributed by atoms with van der Waals surface area (Å²) >= 11 is 0. The van der Waals surface area contributed by atoms with Gasteiger partial charge < -0.3 is 38.4 Å². The van der Waals surface area contributed by atoms with Crippen molar-refractivity contribution < 1.29 is 48.0 Å². The van der Waals surface area contributed by atoms with Crippen molar-refractivity contribution in [3.05, 3.63) is 46.3 Å². The zero-order valence-corrected chi connectivity index (χ0v) is 22.0. The summed E-state index contributed by atoms with van der Waals surface area (Å²) in [6.45, 7) is 8.23. The van der Waals surface area contributed by atoms with Crippen LogP contribution in [0, 0.1) is 19.3 Å². The van der Waals surface area contributed by atoms with Crippen LogP contribution in [0.4, 0.5) is 4.79 Å². The minimum atomic E-state index is -1.56. The van der Waals surface area contributed by atoms with E-state index in [0.29, 0.717) is 5.56 Å². The highest BCUT2D eigenvalue weighted by Crippen LogP contribution is 2.38. The Kier molecular flexibility index (Phi) is 9.20. The summed E-state index contributed by atoms with van der Waals surface area (Å²) < 4.78 is 28.3. The molecule has 13 nitrogen and oxygen atoms in total. The van der Waals surface area contributed by atoms with E-state index in [1.54, 1.807) is 13.8 Å². The lowest BCUT2D eigenvalue weighted by Gasteiger charge is -2.47. The van der Waals surface area contributed by atoms with Gasteiger partial charge in [0.15, 0.2) is 12.2 Å². The molecule has 210 valence electrons. The third kappa shape index (κ3) is 5.84. The average Bonchev–Trinajstić information content (AvgIpc) is 2.89. The predicted octanol–water partition coefficient (Wildman–Crippen LogP) is 1.89. The van der Waals surface area contributed by atoms with Crippen molar-refractivity contribution in [1.29, 1.82) is 0 Å². The van der Waals surface area contributed by atoms with Crippen molar-refractivity contribution in [3.63, 3.8) is 0 Å². The summed E-state index contributed by atoms with van der Waals surface area (Å²) in [6, 6.07) is 2.95. The SMILES string of the molecule is C#CCONC(=O)O[C@@H]1[C@@H](OC)[C@](C)(C=C)OC(Oc2ccc3c(O)c(/C(C)=N/OC)c(=O)oc3c2C)[C@@H]1O. The lowest BCUT2D eigenvalue weighted by Crippen LogP contribution is -2.65. The molecule has 1 unspecified atom stereocenters. The van der Waals surface area contributed by atoms with Crippen LogP contribution in [0.2, 0.25) is 0 Å². The Labute approximate surface area is 223 Å². The van der Waals surface area contributed by atoms with Gasteiger partial charge in [0, 0.05) is 12.7 Å². The Morgan fingerprint density at radius 3 is 2.72 bits per heavy atom. The molecule has 1 amide bonds. The number of nitrogens with zero attached hydrogens (tertiary/aromatic N) is 1.